The lowest BCUT2D eigenvalue weighted by molar-refractivity contribution is 0.0734. The quantitative estimate of drug-likeness (QED) is 0.102. The lowest BCUT2D eigenvalue weighted by Gasteiger charge is -2.29. The standard InChI is InChI=1S/C33H46O3/c1-3-5-7-8-9-10-12-26-35-31-22-20-30(21-23-31)33(34)36-32-24-18-29(19-25-32)28-16-14-27(15-17-28)13-11-6-4-2/h3,18-25,27-28H,1,4-17,26H2,2H3. The Balaban J connectivity index is 1.36. The maximum atomic E-state index is 12.6. The van der Waals surface area contributed by atoms with Gasteiger partial charge in [-0.15, -0.1) is 6.58 Å². The highest BCUT2D eigenvalue weighted by atomic mass is 16.5. The van der Waals surface area contributed by atoms with E-state index in [1.165, 1.54) is 82.6 Å². The number of benzene rings is 2. The average molecular weight is 491 g/mol. The van der Waals surface area contributed by atoms with Crippen LogP contribution in [0, 0.1) is 5.92 Å². The molecule has 0 heterocycles. The van der Waals surface area contributed by atoms with Crippen LogP contribution < -0.4 is 9.47 Å². The highest BCUT2D eigenvalue weighted by molar-refractivity contribution is 5.91. The van der Waals surface area contributed by atoms with E-state index in [2.05, 4.69) is 25.6 Å². The number of esters is 1. The molecule has 0 bridgehead atoms. The Kier molecular flexibility index (Phi) is 12.6. The molecule has 0 unspecified atom stereocenters. The third-order valence-corrected chi connectivity index (χ3v) is 7.54. The van der Waals surface area contributed by atoms with Crippen molar-refractivity contribution >= 4 is 5.97 Å². The molecule has 36 heavy (non-hydrogen) atoms. The van der Waals surface area contributed by atoms with Gasteiger partial charge >= 0.3 is 5.97 Å². The first-order valence-corrected chi connectivity index (χ1v) is 14.4. The Morgan fingerprint density at radius 2 is 1.50 bits per heavy atom. The summed E-state index contributed by atoms with van der Waals surface area (Å²) < 4.78 is 11.4. The summed E-state index contributed by atoms with van der Waals surface area (Å²) in [5.41, 5.74) is 1.91. The molecule has 196 valence electrons. The SMILES string of the molecule is C=CCCCCCCCOc1ccc(C(=O)Oc2ccc(C3CCC(CCCCC)CC3)cc2)cc1. The van der Waals surface area contributed by atoms with Crippen LogP contribution in [-0.2, 0) is 0 Å². The summed E-state index contributed by atoms with van der Waals surface area (Å²) in [4.78, 5) is 12.6. The van der Waals surface area contributed by atoms with Crippen molar-refractivity contribution in [3.8, 4) is 11.5 Å². The number of allylic oxidation sites excluding steroid dienone is 1. The van der Waals surface area contributed by atoms with E-state index in [-0.39, 0.29) is 5.97 Å². The van der Waals surface area contributed by atoms with Gasteiger partial charge in [-0.3, -0.25) is 0 Å². The van der Waals surface area contributed by atoms with Crippen LogP contribution >= 0.6 is 0 Å². The van der Waals surface area contributed by atoms with Gasteiger partial charge in [0.05, 0.1) is 12.2 Å². The van der Waals surface area contributed by atoms with Crippen molar-refractivity contribution in [2.45, 2.75) is 103 Å². The molecule has 2 aromatic rings. The maximum absolute atomic E-state index is 12.6. The van der Waals surface area contributed by atoms with E-state index in [1.54, 1.807) is 12.1 Å². The maximum Gasteiger partial charge on any atom is 0.343 e. The van der Waals surface area contributed by atoms with Crippen LogP contribution in [0.25, 0.3) is 0 Å². The van der Waals surface area contributed by atoms with Crippen LogP contribution in [0.2, 0.25) is 0 Å². The minimum Gasteiger partial charge on any atom is -0.494 e. The summed E-state index contributed by atoms with van der Waals surface area (Å²) >= 11 is 0. The molecule has 0 spiro atoms. The Hall–Kier alpha value is -2.55. The van der Waals surface area contributed by atoms with E-state index in [1.807, 2.05) is 30.3 Å². The van der Waals surface area contributed by atoms with Crippen molar-refractivity contribution in [2.24, 2.45) is 5.92 Å². The van der Waals surface area contributed by atoms with Gasteiger partial charge < -0.3 is 9.47 Å². The van der Waals surface area contributed by atoms with Gasteiger partial charge in [0.15, 0.2) is 0 Å². The summed E-state index contributed by atoms with van der Waals surface area (Å²) in [6.07, 6.45) is 19.8. The summed E-state index contributed by atoms with van der Waals surface area (Å²) in [6.45, 7) is 6.74. The highest BCUT2D eigenvalue weighted by Gasteiger charge is 2.22. The van der Waals surface area contributed by atoms with Gasteiger partial charge in [-0.25, -0.2) is 4.79 Å². The largest absolute Gasteiger partial charge is 0.494 e. The summed E-state index contributed by atoms with van der Waals surface area (Å²) in [5, 5.41) is 0. The van der Waals surface area contributed by atoms with Crippen LogP contribution in [0.4, 0.5) is 0 Å². The van der Waals surface area contributed by atoms with E-state index in [4.69, 9.17) is 9.47 Å². The number of carbonyl (C=O) groups is 1. The van der Waals surface area contributed by atoms with Gasteiger partial charge in [-0.1, -0.05) is 70.1 Å². The third kappa shape index (κ3) is 9.84. The van der Waals surface area contributed by atoms with E-state index in [9.17, 15) is 4.79 Å². The number of rotatable bonds is 16. The number of ether oxygens (including phenoxy) is 2. The Bertz CT molecular complexity index is 876. The minimum absolute atomic E-state index is 0.332. The van der Waals surface area contributed by atoms with Gasteiger partial charge in [0.1, 0.15) is 11.5 Å². The molecular formula is C33H46O3. The molecule has 0 saturated heterocycles. The first-order valence-electron chi connectivity index (χ1n) is 14.4. The monoisotopic (exact) mass is 490 g/mol. The number of carbonyl (C=O) groups excluding carboxylic acids is 1. The fourth-order valence-corrected chi connectivity index (χ4v) is 5.24. The van der Waals surface area contributed by atoms with Crippen LogP contribution in [0.5, 0.6) is 11.5 Å². The van der Waals surface area contributed by atoms with Gasteiger partial charge in [-0.2, -0.15) is 0 Å². The molecule has 1 fully saturated rings. The molecule has 0 aromatic heterocycles. The molecule has 0 amide bonds. The second kappa shape index (κ2) is 16.2. The van der Waals surface area contributed by atoms with E-state index >= 15 is 0 Å². The molecule has 1 aliphatic rings. The summed E-state index contributed by atoms with van der Waals surface area (Å²) in [6, 6.07) is 15.4. The van der Waals surface area contributed by atoms with E-state index < -0.39 is 0 Å². The van der Waals surface area contributed by atoms with Crippen molar-refractivity contribution in [1.29, 1.82) is 0 Å². The molecule has 2 aromatic carbocycles. The zero-order chi connectivity index (χ0) is 25.4. The fourth-order valence-electron chi connectivity index (χ4n) is 5.24. The van der Waals surface area contributed by atoms with Crippen LogP contribution in [0.3, 0.4) is 0 Å². The lowest BCUT2D eigenvalue weighted by Crippen LogP contribution is -2.13. The molecule has 0 N–H and O–H groups in total. The molecule has 3 heteroatoms. The van der Waals surface area contributed by atoms with Gasteiger partial charge in [0, 0.05) is 0 Å². The highest BCUT2D eigenvalue weighted by Crippen LogP contribution is 2.38. The number of hydrogen-bond acceptors (Lipinski definition) is 3. The molecule has 3 nitrogen and oxygen atoms in total. The summed E-state index contributed by atoms with van der Waals surface area (Å²) in [5.74, 6) is 2.62. The lowest BCUT2D eigenvalue weighted by atomic mass is 9.77. The molecule has 3 rings (SSSR count). The molecule has 0 aliphatic heterocycles. The Labute approximate surface area is 219 Å². The first-order chi connectivity index (χ1) is 17.7. The third-order valence-electron chi connectivity index (χ3n) is 7.54. The minimum atomic E-state index is -0.332. The van der Waals surface area contributed by atoms with E-state index in [0.29, 0.717) is 23.8 Å². The van der Waals surface area contributed by atoms with Crippen molar-refractivity contribution in [2.75, 3.05) is 6.61 Å². The fraction of sp³-hybridized carbons (Fsp3) is 0.545. The van der Waals surface area contributed by atoms with Crippen LogP contribution in [0.15, 0.2) is 61.2 Å². The normalized spacial score (nSPS) is 17.5. The summed E-state index contributed by atoms with van der Waals surface area (Å²) in [7, 11) is 0. The number of unbranched alkanes of at least 4 members (excludes halogenated alkanes) is 7. The first kappa shape index (κ1) is 28.0. The molecule has 0 radical (unpaired) electrons. The van der Waals surface area contributed by atoms with Crippen LogP contribution in [0.1, 0.15) is 119 Å². The van der Waals surface area contributed by atoms with Crippen molar-refractivity contribution in [3.05, 3.63) is 72.3 Å². The molecule has 1 aliphatic carbocycles. The molecular weight excluding hydrogens is 444 g/mol. The predicted octanol–water partition coefficient (Wildman–Crippen LogP) is 9.67. The van der Waals surface area contributed by atoms with Gasteiger partial charge in [0.2, 0.25) is 0 Å². The van der Waals surface area contributed by atoms with Gasteiger partial charge in [-0.05, 0) is 98.7 Å². The topological polar surface area (TPSA) is 35.5 Å². The predicted molar refractivity (Wildman–Crippen MR) is 150 cm³/mol. The molecule has 1 saturated carbocycles. The van der Waals surface area contributed by atoms with Crippen LogP contribution in [-0.4, -0.2) is 12.6 Å². The zero-order valence-electron chi connectivity index (χ0n) is 22.4. The number of hydrogen-bond donors (Lipinski definition) is 0. The second-order valence-corrected chi connectivity index (χ2v) is 10.4. The smallest absolute Gasteiger partial charge is 0.343 e. The molecule has 0 atom stereocenters. The van der Waals surface area contributed by atoms with Gasteiger partial charge in [0.25, 0.3) is 0 Å². The van der Waals surface area contributed by atoms with E-state index in [0.717, 1.165) is 24.5 Å². The Morgan fingerprint density at radius 3 is 2.19 bits per heavy atom. The van der Waals surface area contributed by atoms with Crippen molar-refractivity contribution < 1.29 is 14.3 Å². The average Bonchev–Trinajstić information content (AvgIpc) is 2.91. The second-order valence-electron chi connectivity index (χ2n) is 10.4. The van der Waals surface area contributed by atoms with Crippen molar-refractivity contribution in [3.63, 3.8) is 0 Å². The Morgan fingerprint density at radius 1 is 0.833 bits per heavy atom. The zero-order valence-corrected chi connectivity index (χ0v) is 22.4. The van der Waals surface area contributed by atoms with Crippen molar-refractivity contribution in [1.82, 2.24) is 0 Å².